The summed E-state index contributed by atoms with van der Waals surface area (Å²) >= 11 is 0. The van der Waals surface area contributed by atoms with Crippen molar-refractivity contribution >= 4 is 0 Å². The summed E-state index contributed by atoms with van der Waals surface area (Å²) in [4.78, 5) is 9.31. The van der Waals surface area contributed by atoms with Gasteiger partial charge in [0, 0.05) is 17.8 Å². The maximum Gasteiger partial charge on any atom is 0.133 e. The van der Waals surface area contributed by atoms with E-state index >= 15 is 0 Å². The van der Waals surface area contributed by atoms with Gasteiger partial charge in [0.1, 0.15) is 5.82 Å². The van der Waals surface area contributed by atoms with E-state index < -0.39 is 0 Å². The third kappa shape index (κ3) is 3.64. The van der Waals surface area contributed by atoms with E-state index in [1.54, 1.807) is 0 Å². The molecule has 0 atom stereocenters. The van der Waals surface area contributed by atoms with Gasteiger partial charge in [0.15, 0.2) is 0 Å². The van der Waals surface area contributed by atoms with Crippen LogP contribution in [0.25, 0.3) is 0 Å². The van der Waals surface area contributed by atoms with Crippen molar-refractivity contribution < 1.29 is 0 Å². The zero-order valence-electron chi connectivity index (χ0n) is 12.6. The third-order valence-electron chi connectivity index (χ3n) is 3.58. The molecule has 0 aliphatic heterocycles. The highest BCUT2D eigenvalue weighted by Gasteiger charge is 2.08. The number of aryl methyl sites for hydroxylation is 3. The summed E-state index contributed by atoms with van der Waals surface area (Å²) in [5.41, 5.74) is 11.5. The van der Waals surface area contributed by atoms with Crippen LogP contribution in [0.1, 0.15) is 40.3 Å². The van der Waals surface area contributed by atoms with Gasteiger partial charge < -0.3 is 5.73 Å². The Hall–Kier alpha value is -1.74. The molecule has 2 N–H and O–H groups in total. The second-order valence-corrected chi connectivity index (χ2v) is 5.34. The normalized spacial score (nSPS) is 10.8. The molecule has 0 radical (unpaired) electrons. The summed E-state index contributed by atoms with van der Waals surface area (Å²) < 4.78 is 0. The molecular formula is C17H23N3. The number of rotatable bonds is 5. The molecular weight excluding hydrogens is 246 g/mol. The summed E-state index contributed by atoms with van der Waals surface area (Å²) in [6.07, 6.45) is 2.75. The van der Waals surface area contributed by atoms with Gasteiger partial charge in [0.2, 0.25) is 0 Å². The zero-order chi connectivity index (χ0) is 14.5. The van der Waals surface area contributed by atoms with Crippen LogP contribution < -0.4 is 5.73 Å². The highest BCUT2D eigenvalue weighted by atomic mass is 14.9. The number of benzene rings is 1. The highest BCUT2D eigenvalue weighted by molar-refractivity contribution is 5.28. The van der Waals surface area contributed by atoms with Crippen LogP contribution in [0.2, 0.25) is 0 Å². The Kier molecular flexibility index (Phi) is 4.85. The monoisotopic (exact) mass is 269 g/mol. The Morgan fingerprint density at radius 1 is 0.950 bits per heavy atom. The Balaban J connectivity index is 2.19. The fraction of sp³-hybridized carbons (Fsp3) is 0.412. The molecule has 0 unspecified atom stereocenters. The SMILES string of the molecule is Cc1ccc(Cc2nc(C)c(CCCN)c(C)n2)cc1. The quantitative estimate of drug-likeness (QED) is 0.908. The van der Waals surface area contributed by atoms with Crippen LogP contribution in [-0.2, 0) is 12.8 Å². The fourth-order valence-corrected chi connectivity index (χ4v) is 2.42. The molecule has 0 spiro atoms. The number of nitrogens with two attached hydrogens (primary N) is 1. The van der Waals surface area contributed by atoms with Gasteiger partial charge >= 0.3 is 0 Å². The predicted molar refractivity (Wildman–Crippen MR) is 82.9 cm³/mol. The lowest BCUT2D eigenvalue weighted by Gasteiger charge is -2.10. The van der Waals surface area contributed by atoms with Crippen LogP contribution in [0.5, 0.6) is 0 Å². The first kappa shape index (κ1) is 14.7. The third-order valence-corrected chi connectivity index (χ3v) is 3.58. The maximum atomic E-state index is 5.58. The lowest BCUT2D eigenvalue weighted by Crippen LogP contribution is -2.08. The maximum absolute atomic E-state index is 5.58. The topological polar surface area (TPSA) is 51.8 Å². The first-order chi connectivity index (χ1) is 9.60. The van der Waals surface area contributed by atoms with Gasteiger partial charge in [0.05, 0.1) is 0 Å². The predicted octanol–water partition coefficient (Wildman–Crippen LogP) is 2.88. The van der Waals surface area contributed by atoms with E-state index in [9.17, 15) is 0 Å². The van der Waals surface area contributed by atoms with Crippen LogP contribution in [0.3, 0.4) is 0 Å². The van der Waals surface area contributed by atoms with Gasteiger partial charge in [-0.2, -0.15) is 0 Å². The summed E-state index contributed by atoms with van der Waals surface area (Å²) in [6, 6.07) is 8.55. The molecule has 3 nitrogen and oxygen atoms in total. The largest absolute Gasteiger partial charge is 0.330 e. The molecule has 106 valence electrons. The van der Waals surface area contributed by atoms with Crippen molar-refractivity contribution in [3.8, 4) is 0 Å². The van der Waals surface area contributed by atoms with E-state index in [1.807, 2.05) is 0 Å². The fourth-order valence-electron chi connectivity index (χ4n) is 2.42. The molecule has 1 heterocycles. The van der Waals surface area contributed by atoms with Crippen molar-refractivity contribution in [2.24, 2.45) is 5.73 Å². The first-order valence-electron chi connectivity index (χ1n) is 7.18. The van der Waals surface area contributed by atoms with Gasteiger partial charge in [0.25, 0.3) is 0 Å². The van der Waals surface area contributed by atoms with Crippen molar-refractivity contribution in [3.05, 3.63) is 58.2 Å². The van der Waals surface area contributed by atoms with Gasteiger partial charge in [-0.15, -0.1) is 0 Å². The van der Waals surface area contributed by atoms with Crippen LogP contribution in [0.4, 0.5) is 0 Å². The number of hydrogen-bond acceptors (Lipinski definition) is 3. The van der Waals surface area contributed by atoms with Crippen molar-refractivity contribution in [2.75, 3.05) is 6.54 Å². The summed E-state index contributed by atoms with van der Waals surface area (Å²) in [5, 5.41) is 0. The molecule has 0 aliphatic rings. The van der Waals surface area contributed by atoms with Crippen LogP contribution in [0.15, 0.2) is 24.3 Å². The minimum absolute atomic E-state index is 0.712. The molecule has 20 heavy (non-hydrogen) atoms. The minimum atomic E-state index is 0.712. The molecule has 0 amide bonds. The van der Waals surface area contributed by atoms with Crippen LogP contribution in [0, 0.1) is 20.8 Å². The summed E-state index contributed by atoms with van der Waals surface area (Å²) in [6.45, 7) is 6.95. The lowest BCUT2D eigenvalue weighted by molar-refractivity contribution is 0.791. The van der Waals surface area contributed by atoms with E-state index in [0.717, 1.165) is 36.5 Å². The zero-order valence-corrected chi connectivity index (χ0v) is 12.6. The van der Waals surface area contributed by atoms with Crippen LogP contribution in [-0.4, -0.2) is 16.5 Å². The summed E-state index contributed by atoms with van der Waals surface area (Å²) in [7, 11) is 0. The molecule has 1 aromatic heterocycles. The molecule has 0 saturated heterocycles. The highest BCUT2D eigenvalue weighted by Crippen LogP contribution is 2.14. The van der Waals surface area contributed by atoms with Gasteiger partial charge in [-0.1, -0.05) is 29.8 Å². The molecule has 2 aromatic rings. The van der Waals surface area contributed by atoms with Gasteiger partial charge in [-0.05, 0) is 51.3 Å². The average Bonchev–Trinajstić information content (AvgIpc) is 2.41. The molecule has 0 bridgehead atoms. The van der Waals surface area contributed by atoms with E-state index in [-0.39, 0.29) is 0 Å². The second-order valence-electron chi connectivity index (χ2n) is 5.34. The average molecular weight is 269 g/mol. The minimum Gasteiger partial charge on any atom is -0.330 e. The Morgan fingerprint density at radius 2 is 1.55 bits per heavy atom. The van der Waals surface area contributed by atoms with E-state index in [1.165, 1.54) is 16.7 Å². The van der Waals surface area contributed by atoms with Gasteiger partial charge in [-0.25, -0.2) is 9.97 Å². The Morgan fingerprint density at radius 3 is 2.10 bits per heavy atom. The second kappa shape index (κ2) is 6.62. The van der Waals surface area contributed by atoms with Crippen molar-refractivity contribution in [1.82, 2.24) is 9.97 Å². The molecule has 0 saturated carbocycles. The Bertz CT molecular complexity index is 550. The number of aromatic nitrogens is 2. The van der Waals surface area contributed by atoms with Crippen molar-refractivity contribution in [2.45, 2.75) is 40.0 Å². The summed E-state index contributed by atoms with van der Waals surface area (Å²) in [5.74, 6) is 0.903. The van der Waals surface area contributed by atoms with Crippen molar-refractivity contribution in [3.63, 3.8) is 0 Å². The number of nitrogens with zero attached hydrogens (tertiary/aromatic N) is 2. The van der Waals surface area contributed by atoms with Crippen molar-refractivity contribution in [1.29, 1.82) is 0 Å². The van der Waals surface area contributed by atoms with E-state index in [0.29, 0.717) is 6.54 Å². The van der Waals surface area contributed by atoms with E-state index in [2.05, 4.69) is 55.0 Å². The molecule has 3 heteroatoms. The molecule has 2 rings (SSSR count). The lowest BCUT2D eigenvalue weighted by atomic mass is 10.1. The number of hydrogen-bond donors (Lipinski definition) is 1. The first-order valence-corrected chi connectivity index (χ1v) is 7.18. The Labute approximate surface area is 121 Å². The standard InChI is InChI=1S/C17H23N3/c1-12-6-8-15(9-7-12)11-17-19-13(2)16(5-4-10-18)14(3)20-17/h6-9H,4-5,10-11,18H2,1-3H3. The smallest absolute Gasteiger partial charge is 0.133 e. The van der Waals surface area contributed by atoms with Crippen LogP contribution >= 0.6 is 0 Å². The molecule has 0 aliphatic carbocycles. The molecule has 1 aromatic carbocycles. The van der Waals surface area contributed by atoms with E-state index in [4.69, 9.17) is 5.73 Å². The molecule has 0 fully saturated rings. The van der Waals surface area contributed by atoms with Gasteiger partial charge in [-0.3, -0.25) is 0 Å².